The highest BCUT2D eigenvalue weighted by atomic mass is 16.5. The summed E-state index contributed by atoms with van der Waals surface area (Å²) in [5.41, 5.74) is 3.47. The molecule has 0 saturated carbocycles. The van der Waals surface area contributed by atoms with Crippen molar-refractivity contribution < 1.29 is 9.53 Å². The molecule has 5 heterocycles. The molecule has 0 radical (unpaired) electrons. The van der Waals surface area contributed by atoms with E-state index in [-0.39, 0.29) is 6.03 Å². The van der Waals surface area contributed by atoms with Crippen LogP contribution in [0.3, 0.4) is 0 Å². The highest BCUT2D eigenvalue weighted by molar-refractivity contribution is 6.04. The van der Waals surface area contributed by atoms with Crippen molar-refractivity contribution in [1.29, 1.82) is 0 Å². The van der Waals surface area contributed by atoms with E-state index in [1.165, 1.54) is 12.0 Å². The number of carbonyl (C=O) groups excluding carboxylic acids is 1. The zero-order valence-corrected chi connectivity index (χ0v) is 17.0. The predicted molar refractivity (Wildman–Crippen MR) is 114 cm³/mol. The molecule has 10 heteroatoms. The van der Waals surface area contributed by atoms with Gasteiger partial charge >= 0.3 is 6.03 Å². The lowest BCUT2D eigenvalue weighted by atomic mass is 10.1. The molecule has 0 bridgehead atoms. The van der Waals surface area contributed by atoms with Crippen LogP contribution in [0.15, 0.2) is 30.9 Å². The highest BCUT2D eigenvalue weighted by Crippen LogP contribution is 2.35. The van der Waals surface area contributed by atoms with E-state index in [9.17, 15) is 4.79 Å². The normalized spacial score (nSPS) is 18.5. The molecule has 1 fully saturated rings. The second kappa shape index (κ2) is 7.45. The lowest BCUT2D eigenvalue weighted by Crippen LogP contribution is -2.49. The van der Waals surface area contributed by atoms with Gasteiger partial charge in [-0.05, 0) is 19.4 Å². The number of carbonyl (C=O) groups is 1. The van der Waals surface area contributed by atoms with E-state index in [0.717, 1.165) is 37.4 Å². The SMILES string of the molecule is COc1cn2ncnc2cc1NC(=O)N1CCc2c(N3CCN[C@H](C)C3)ccnc21. The molecular formula is C20H24N8O2. The third-order valence-corrected chi connectivity index (χ3v) is 5.64. The minimum Gasteiger partial charge on any atom is -0.493 e. The van der Waals surface area contributed by atoms with Crippen molar-refractivity contribution >= 4 is 28.9 Å². The molecule has 3 aromatic heterocycles. The third-order valence-electron chi connectivity index (χ3n) is 5.64. The number of amides is 2. The zero-order valence-electron chi connectivity index (χ0n) is 17.0. The lowest BCUT2D eigenvalue weighted by Gasteiger charge is -2.34. The number of aromatic nitrogens is 4. The molecular weight excluding hydrogens is 384 g/mol. The molecule has 5 rings (SSSR count). The Hall–Kier alpha value is -3.40. The first-order valence-corrected chi connectivity index (χ1v) is 10.1. The Labute approximate surface area is 173 Å². The van der Waals surface area contributed by atoms with E-state index >= 15 is 0 Å². The van der Waals surface area contributed by atoms with Gasteiger partial charge in [0.2, 0.25) is 0 Å². The van der Waals surface area contributed by atoms with Crippen LogP contribution in [-0.2, 0) is 6.42 Å². The van der Waals surface area contributed by atoms with Crippen molar-refractivity contribution in [2.75, 3.05) is 48.4 Å². The topological polar surface area (TPSA) is 99.9 Å². The Kier molecular flexibility index (Phi) is 4.62. The van der Waals surface area contributed by atoms with Crippen LogP contribution in [0.25, 0.3) is 5.65 Å². The van der Waals surface area contributed by atoms with Gasteiger partial charge in [0.05, 0.1) is 19.0 Å². The maximum atomic E-state index is 13.1. The van der Waals surface area contributed by atoms with Crippen molar-refractivity contribution in [3.05, 3.63) is 36.4 Å². The van der Waals surface area contributed by atoms with Crippen LogP contribution < -0.4 is 25.2 Å². The van der Waals surface area contributed by atoms with E-state index < -0.39 is 0 Å². The second-order valence-corrected chi connectivity index (χ2v) is 7.58. The summed E-state index contributed by atoms with van der Waals surface area (Å²) in [6.45, 7) is 5.61. The number of pyridine rings is 2. The summed E-state index contributed by atoms with van der Waals surface area (Å²) in [6, 6.07) is 3.99. The van der Waals surface area contributed by atoms with Crippen LogP contribution in [0.5, 0.6) is 5.75 Å². The van der Waals surface area contributed by atoms with Gasteiger partial charge in [-0.25, -0.2) is 19.3 Å². The minimum atomic E-state index is -0.241. The fourth-order valence-corrected chi connectivity index (χ4v) is 4.20. The molecule has 1 atom stereocenters. The second-order valence-electron chi connectivity index (χ2n) is 7.58. The number of fused-ring (bicyclic) bond motifs is 2. The van der Waals surface area contributed by atoms with Crippen LogP contribution in [0.4, 0.5) is 22.0 Å². The fourth-order valence-electron chi connectivity index (χ4n) is 4.20. The predicted octanol–water partition coefficient (Wildman–Crippen LogP) is 1.53. The molecule has 0 unspecified atom stereocenters. The summed E-state index contributed by atoms with van der Waals surface area (Å²) in [4.78, 5) is 25.9. The Morgan fingerprint density at radius 3 is 3.07 bits per heavy atom. The van der Waals surface area contributed by atoms with Gasteiger partial charge in [-0.1, -0.05) is 0 Å². The van der Waals surface area contributed by atoms with Crippen LogP contribution in [0, 0.1) is 0 Å². The summed E-state index contributed by atoms with van der Waals surface area (Å²) in [5.74, 6) is 1.23. The average molecular weight is 408 g/mol. The number of rotatable bonds is 3. The Bertz CT molecular complexity index is 1100. The van der Waals surface area contributed by atoms with Crippen molar-refractivity contribution in [2.45, 2.75) is 19.4 Å². The number of hydrogen-bond acceptors (Lipinski definition) is 7. The molecule has 0 aromatic carbocycles. The number of anilines is 3. The van der Waals surface area contributed by atoms with Gasteiger partial charge in [0.15, 0.2) is 11.4 Å². The van der Waals surface area contributed by atoms with Crippen molar-refractivity contribution in [2.24, 2.45) is 0 Å². The zero-order chi connectivity index (χ0) is 20.7. The number of piperazine rings is 1. The van der Waals surface area contributed by atoms with Gasteiger partial charge in [0.1, 0.15) is 12.1 Å². The molecule has 3 aromatic rings. The van der Waals surface area contributed by atoms with Gasteiger partial charge in [0.25, 0.3) is 0 Å². The van der Waals surface area contributed by atoms with Gasteiger partial charge in [-0.2, -0.15) is 5.10 Å². The molecule has 2 N–H and O–H groups in total. The number of methoxy groups -OCH3 is 1. The third kappa shape index (κ3) is 3.18. The average Bonchev–Trinajstić information content (AvgIpc) is 3.39. The maximum Gasteiger partial charge on any atom is 0.327 e. The summed E-state index contributed by atoms with van der Waals surface area (Å²) in [7, 11) is 1.56. The molecule has 0 spiro atoms. The van der Waals surface area contributed by atoms with Gasteiger partial charge < -0.3 is 20.3 Å². The minimum absolute atomic E-state index is 0.241. The first kappa shape index (κ1) is 18.6. The summed E-state index contributed by atoms with van der Waals surface area (Å²) >= 11 is 0. The monoisotopic (exact) mass is 408 g/mol. The van der Waals surface area contributed by atoms with E-state index in [1.807, 2.05) is 0 Å². The number of ether oxygens (including phenoxy) is 1. The van der Waals surface area contributed by atoms with Gasteiger partial charge in [0, 0.05) is 55.7 Å². The van der Waals surface area contributed by atoms with Crippen molar-refractivity contribution in [1.82, 2.24) is 24.9 Å². The summed E-state index contributed by atoms with van der Waals surface area (Å²) in [6.07, 6.45) is 5.72. The first-order valence-electron chi connectivity index (χ1n) is 10.1. The van der Waals surface area contributed by atoms with E-state index in [1.54, 1.807) is 35.0 Å². The Morgan fingerprint density at radius 2 is 2.23 bits per heavy atom. The quantitative estimate of drug-likeness (QED) is 0.678. The van der Waals surface area contributed by atoms with E-state index in [4.69, 9.17) is 4.74 Å². The number of nitrogens with one attached hydrogen (secondary N) is 2. The summed E-state index contributed by atoms with van der Waals surface area (Å²) < 4.78 is 7.01. The Morgan fingerprint density at radius 1 is 1.33 bits per heavy atom. The molecule has 10 nitrogen and oxygen atoms in total. The lowest BCUT2D eigenvalue weighted by molar-refractivity contribution is 0.257. The standard InChI is InChI=1S/C20H24N8O2/c1-13-10-26(8-6-21-13)16-3-5-22-19-14(16)4-7-27(19)20(29)25-15-9-18-23-12-24-28(18)11-17(15)30-2/h3,5,9,11-13,21H,4,6-8,10H2,1-2H3,(H,25,29)/t13-/m1/s1. The molecule has 2 amide bonds. The molecule has 2 aliphatic heterocycles. The molecule has 1 saturated heterocycles. The smallest absolute Gasteiger partial charge is 0.327 e. The molecule has 156 valence electrons. The Balaban J connectivity index is 1.41. The van der Waals surface area contributed by atoms with Crippen LogP contribution in [-0.4, -0.2) is 64.9 Å². The molecule has 0 aliphatic carbocycles. The fraction of sp³-hybridized carbons (Fsp3) is 0.400. The largest absolute Gasteiger partial charge is 0.493 e. The van der Waals surface area contributed by atoms with Gasteiger partial charge in [-0.15, -0.1) is 0 Å². The van der Waals surface area contributed by atoms with Crippen LogP contribution in [0.1, 0.15) is 12.5 Å². The summed E-state index contributed by atoms with van der Waals surface area (Å²) in [5, 5.41) is 10.5. The van der Waals surface area contributed by atoms with E-state index in [0.29, 0.717) is 29.7 Å². The molecule has 2 aliphatic rings. The van der Waals surface area contributed by atoms with Gasteiger partial charge in [-0.3, -0.25) is 4.90 Å². The van der Waals surface area contributed by atoms with E-state index in [2.05, 4.69) is 43.6 Å². The highest BCUT2D eigenvalue weighted by Gasteiger charge is 2.31. The number of hydrogen-bond donors (Lipinski definition) is 2. The molecule has 30 heavy (non-hydrogen) atoms. The number of urea groups is 1. The maximum absolute atomic E-state index is 13.1. The first-order chi connectivity index (χ1) is 14.6. The van der Waals surface area contributed by atoms with Crippen molar-refractivity contribution in [3.8, 4) is 5.75 Å². The van der Waals surface area contributed by atoms with Crippen molar-refractivity contribution in [3.63, 3.8) is 0 Å². The van der Waals surface area contributed by atoms with Crippen LogP contribution in [0.2, 0.25) is 0 Å². The van der Waals surface area contributed by atoms with Crippen LogP contribution >= 0.6 is 0 Å². The number of nitrogens with zero attached hydrogens (tertiary/aromatic N) is 6.